The van der Waals surface area contributed by atoms with Gasteiger partial charge in [0.15, 0.2) is 0 Å². The summed E-state index contributed by atoms with van der Waals surface area (Å²) in [5.74, 6) is 1.14. The molecule has 0 aromatic rings. The predicted molar refractivity (Wildman–Crippen MR) is 272 cm³/mol. The van der Waals surface area contributed by atoms with Gasteiger partial charge in [0.1, 0.15) is 36.5 Å². The fourth-order valence-corrected chi connectivity index (χ4v) is 12.7. The highest BCUT2D eigenvalue weighted by molar-refractivity contribution is 7.98. The molecule has 0 unspecified atom stereocenters. The summed E-state index contributed by atoms with van der Waals surface area (Å²) in [6, 6.07) is 0.125. The molecule has 0 bridgehead atoms. The topological polar surface area (TPSA) is 246 Å². The highest BCUT2D eigenvalue weighted by Crippen LogP contribution is 2.44. The summed E-state index contributed by atoms with van der Waals surface area (Å²) >= 11 is 1.69. The van der Waals surface area contributed by atoms with Crippen LogP contribution >= 0.6 is 24.2 Å². The minimum absolute atomic E-state index is 0. The van der Waals surface area contributed by atoms with Crippen LogP contribution in [0.25, 0.3) is 0 Å². The van der Waals surface area contributed by atoms with Crippen molar-refractivity contribution in [2.24, 2.45) is 23.5 Å². The zero-order chi connectivity index (χ0) is 51.3. The Bertz CT molecular complexity index is 1770. The van der Waals surface area contributed by atoms with Gasteiger partial charge in [0.25, 0.3) is 0 Å². The lowest BCUT2D eigenvalue weighted by atomic mass is 9.78. The van der Waals surface area contributed by atoms with E-state index >= 15 is 0 Å². The smallest absolute Gasteiger partial charge is 0.306 e. The van der Waals surface area contributed by atoms with E-state index in [1.807, 2.05) is 68.6 Å². The number of hydrogen-bond donors (Lipinski definition) is 4. The molecule has 0 atom stereocenters. The van der Waals surface area contributed by atoms with E-state index in [1.165, 1.54) is 0 Å². The van der Waals surface area contributed by atoms with Crippen molar-refractivity contribution < 1.29 is 65.5 Å². The molecule has 1 saturated heterocycles. The van der Waals surface area contributed by atoms with Gasteiger partial charge in [-0.3, -0.25) is 14.4 Å². The number of halogens is 1. The average Bonchev–Trinajstić information content (AvgIpc) is 3.88. The quantitative estimate of drug-likeness (QED) is 0.0842. The number of epoxide rings is 1. The third kappa shape index (κ3) is 29.3. The summed E-state index contributed by atoms with van der Waals surface area (Å²) in [4.78, 5) is 35.1. The first kappa shape index (κ1) is 64.8. The van der Waals surface area contributed by atoms with Gasteiger partial charge >= 0.3 is 17.9 Å². The number of carbonyl (C=O) groups excluding carboxylic acids is 3. The molecule has 1 spiro atoms. The van der Waals surface area contributed by atoms with Crippen LogP contribution in [-0.2, 0) is 53.0 Å². The lowest BCUT2D eigenvalue weighted by Gasteiger charge is -2.35. The number of sulfone groups is 2. The Morgan fingerprint density at radius 1 is 0.559 bits per heavy atom. The number of hydrogen-bond acceptors (Lipinski definition) is 16. The van der Waals surface area contributed by atoms with Crippen LogP contribution in [0.2, 0.25) is 0 Å². The second-order valence-corrected chi connectivity index (χ2v) is 28.9. The monoisotopic (exact) mass is 1050 g/mol. The van der Waals surface area contributed by atoms with Crippen LogP contribution in [0.3, 0.4) is 0 Å². The first-order valence-corrected chi connectivity index (χ1v) is 29.9. The first-order valence-electron chi connectivity index (χ1n) is 24.4. The van der Waals surface area contributed by atoms with Crippen molar-refractivity contribution in [1.82, 2.24) is 0 Å². The summed E-state index contributed by atoms with van der Waals surface area (Å²) in [6.07, 6.45) is 18.3. The number of aliphatic hydroxyl groups is 3. The number of nitrogens with two attached hydrogens (primary N) is 1. The molecule has 1 aliphatic heterocycles. The maximum absolute atomic E-state index is 11.7. The van der Waals surface area contributed by atoms with Gasteiger partial charge < -0.3 is 40.0 Å². The lowest BCUT2D eigenvalue weighted by Crippen LogP contribution is -2.43. The van der Waals surface area contributed by atoms with Gasteiger partial charge in [-0.2, -0.15) is 11.8 Å². The molecule has 0 amide bonds. The highest BCUT2D eigenvalue weighted by atomic mass is 35.5. The largest absolute Gasteiger partial charge is 0.460 e. The molecule has 0 aromatic heterocycles. The Morgan fingerprint density at radius 3 is 1.07 bits per heavy atom. The van der Waals surface area contributed by atoms with Crippen LogP contribution in [0.15, 0.2) is 0 Å². The number of thioether (sulfide) groups is 1. The Labute approximate surface area is 420 Å². The number of rotatable bonds is 12. The van der Waals surface area contributed by atoms with E-state index in [4.69, 9.17) is 24.7 Å². The minimum Gasteiger partial charge on any atom is -0.460 e. The average molecular weight is 1050 g/mol. The molecule has 5 fully saturated rings. The van der Waals surface area contributed by atoms with E-state index < -0.39 is 47.7 Å². The van der Waals surface area contributed by atoms with Crippen molar-refractivity contribution in [3.8, 4) is 0 Å². The Morgan fingerprint density at radius 2 is 0.824 bits per heavy atom. The molecule has 1 heterocycles. The van der Waals surface area contributed by atoms with Crippen LogP contribution in [0.5, 0.6) is 0 Å². The van der Waals surface area contributed by atoms with E-state index in [0.717, 1.165) is 76.2 Å². The predicted octanol–water partition coefficient (Wildman–Crippen LogP) is 7.45. The SMILES string of the molecule is CC(C)(C)OC(=O)CC1CCC(O)(CS(C)(=O)=O)CC1.CC(C)(C)OC(=O)CC1CCC2(CC1)CO2.CS(=O)(=O)CC1(O)CCC(N)CC1.CSCC1(O)CCC(CC(=O)OC(C)(C)C)CC1.Cl. The molecule has 5 rings (SSSR count). The van der Waals surface area contributed by atoms with E-state index in [0.29, 0.717) is 82.5 Å². The van der Waals surface area contributed by atoms with E-state index in [-0.39, 0.29) is 65.0 Å². The van der Waals surface area contributed by atoms with Crippen LogP contribution in [0, 0.1) is 17.8 Å². The standard InChI is InChI=1S/C14H26O5S.C14H26O3S.C13H22O3.C8H17NO3S.ClH/c1-13(2,3)19-12(15)9-11-5-7-14(16,8-6-11)10-20(4,17)18;1-13(2,3)17-12(15)9-11-5-7-14(16,8-6-11)10-18-4;1-12(2,3)16-11(14)8-10-4-6-13(7-5-10)9-15-13;1-13(11,12)6-8(10)4-2-7(9)3-5-8;/h11,16H,5-10H2,1-4H3;11,16H,5-10H2,1-4H3;10H,4-9H2,1-3H3;7,10H,2-6,9H2,1H3;1H. The molecular formula is C49H92ClNO14S3. The van der Waals surface area contributed by atoms with Gasteiger partial charge in [0.2, 0.25) is 0 Å². The number of carbonyl (C=O) groups is 3. The highest BCUT2D eigenvalue weighted by Gasteiger charge is 2.47. The second kappa shape index (κ2) is 26.6. The summed E-state index contributed by atoms with van der Waals surface area (Å²) in [5.41, 5.74) is 1.99. The molecular weight excluding hydrogens is 958 g/mol. The van der Waals surface area contributed by atoms with E-state index in [1.54, 1.807) is 11.8 Å². The molecule has 402 valence electrons. The number of esters is 3. The Balaban J connectivity index is 0.000000456. The lowest BCUT2D eigenvalue weighted by molar-refractivity contribution is -0.157. The molecule has 68 heavy (non-hydrogen) atoms. The fourth-order valence-electron chi connectivity index (χ4n) is 9.35. The van der Waals surface area contributed by atoms with Crippen molar-refractivity contribution in [1.29, 1.82) is 0 Å². The van der Waals surface area contributed by atoms with Crippen LogP contribution in [-0.4, -0.2) is 138 Å². The third-order valence-corrected chi connectivity index (χ3v) is 15.7. The summed E-state index contributed by atoms with van der Waals surface area (Å²) in [7, 11) is -6.28. The molecule has 0 radical (unpaired) electrons. The van der Waals surface area contributed by atoms with Crippen LogP contribution in [0.4, 0.5) is 0 Å². The van der Waals surface area contributed by atoms with E-state index in [2.05, 4.69) is 0 Å². The van der Waals surface area contributed by atoms with Gasteiger partial charge in [-0.05, 0) is 189 Å². The normalized spacial score (nSPS) is 30.8. The molecule has 5 N–H and O–H groups in total. The second-order valence-electron chi connectivity index (χ2n) is 23.8. The fraction of sp³-hybridized carbons (Fsp3) is 0.939. The molecule has 5 aliphatic rings. The van der Waals surface area contributed by atoms with Crippen molar-refractivity contribution in [3.63, 3.8) is 0 Å². The molecule has 4 aliphatic carbocycles. The maximum Gasteiger partial charge on any atom is 0.306 e. The maximum atomic E-state index is 11.7. The van der Waals surface area contributed by atoms with Gasteiger partial charge in [-0.1, -0.05) is 0 Å². The zero-order valence-electron chi connectivity index (χ0n) is 43.6. The van der Waals surface area contributed by atoms with Crippen molar-refractivity contribution in [3.05, 3.63) is 0 Å². The Hall–Kier alpha value is -1.25. The van der Waals surface area contributed by atoms with Gasteiger partial charge in [0, 0.05) is 43.6 Å². The van der Waals surface area contributed by atoms with E-state index in [9.17, 15) is 46.5 Å². The third-order valence-electron chi connectivity index (χ3n) is 12.7. The molecule has 4 saturated carbocycles. The van der Waals surface area contributed by atoms with Crippen molar-refractivity contribution in [2.75, 3.05) is 42.6 Å². The molecule has 19 heteroatoms. The van der Waals surface area contributed by atoms with Crippen LogP contribution < -0.4 is 5.73 Å². The molecule has 0 aromatic carbocycles. The van der Waals surface area contributed by atoms with Crippen LogP contribution in [0.1, 0.15) is 184 Å². The van der Waals surface area contributed by atoms with Crippen molar-refractivity contribution in [2.45, 2.75) is 230 Å². The minimum atomic E-state index is -3.19. The first-order chi connectivity index (χ1) is 30.3. The molecule has 15 nitrogen and oxygen atoms in total. The van der Waals surface area contributed by atoms with Gasteiger partial charge in [-0.25, -0.2) is 16.8 Å². The summed E-state index contributed by atoms with van der Waals surface area (Å²) < 4.78 is 66.0. The van der Waals surface area contributed by atoms with Crippen molar-refractivity contribution >= 4 is 61.8 Å². The number of ether oxygens (including phenoxy) is 4. The van der Waals surface area contributed by atoms with Gasteiger partial charge in [-0.15, -0.1) is 12.4 Å². The summed E-state index contributed by atoms with van der Waals surface area (Å²) in [6.45, 7) is 17.8. The van der Waals surface area contributed by atoms with Gasteiger partial charge in [0.05, 0.1) is 40.5 Å². The Kier molecular flexibility index (Phi) is 25.4. The zero-order valence-corrected chi connectivity index (χ0v) is 46.9. The summed E-state index contributed by atoms with van der Waals surface area (Å²) in [5, 5.41) is 30.4.